The number of Topliss-reactive ketones (excluding diaryl/α,β-unsaturated/α-hetero) is 3. The average molecular weight is 238 g/mol. The minimum absolute atomic E-state index is 0.804. The van der Waals surface area contributed by atoms with Gasteiger partial charge >= 0.3 is 6.18 Å². The minimum Gasteiger partial charge on any atom is -0.299 e. The van der Waals surface area contributed by atoms with E-state index in [1.807, 2.05) is 0 Å². The summed E-state index contributed by atoms with van der Waals surface area (Å²) in [5, 5.41) is 0. The second-order valence-electron chi connectivity index (χ2n) is 4.52. The molecule has 0 aromatic rings. The van der Waals surface area contributed by atoms with Crippen molar-refractivity contribution in [3.63, 3.8) is 0 Å². The van der Waals surface area contributed by atoms with Crippen LogP contribution in [-0.2, 0) is 14.4 Å². The van der Waals surface area contributed by atoms with Gasteiger partial charge in [0.2, 0.25) is 0 Å². The lowest BCUT2D eigenvalue weighted by molar-refractivity contribution is -0.178. The van der Waals surface area contributed by atoms with Crippen LogP contribution in [0.2, 0.25) is 0 Å². The van der Waals surface area contributed by atoms with Gasteiger partial charge in [0.25, 0.3) is 5.78 Å². The molecule has 0 amide bonds. The summed E-state index contributed by atoms with van der Waals surface area (Å²) in [7, 11) is 0. The van der Waals surface area contributed by atoms with Crippen LogP contribution < -0.4 is 0 Å². The highest BCUT2D eigenvalue weighted by Crippen LogP contribution is 2.27. The third-order valence-electron chi connectivity index (χ3n) is 1.95. The quantitative estimate of drug-likeness (QED) is 0.706. The number of hydrogen-bond donors (Lipinski definition) is 0. The van der Waals surface area contributed by atoms with Gasteiger partial charge in [0.15, 0.2) is 5.78 Å². The molecule has 0 aromatic heterocycles. The standard InChI is InChI=1S/C10H13F3O3/c1-5(14)6(7(15)9(2,3)4)8(16)10(11,12)13/h6H,1-4H3. The second-order valence-corrected chi connectivity index (χ2v) is 4.52. The lowest BCUT2D eigenvalue weighted by Crippen LogP contribution is -2.43. The summed E-state index contributed by atoms with van der Waals surface area (Å²) in [6.45, 7) is 4.87. The number of alkyl halides is 3. The monoisotopic (exact) mass is 238 g/mol. The van der Waals surface area contributed by atoms with Crippen molar-refractivity contribution in [1.82, 2.24) is 0 Å². The van der Waals surface area contributed by atoms with Crippen LogP contribution in [0.1, 0.15) is 27.7 Å². The van der Waals surface area contributed by atoms with E-state index < -0.39 is 34.9 Å². The van der Waals surface area contributed by atoms with Crippen LogP contribution in [0, 0.1) is 11.3 Å². The predicted octanol–water partition coefficient (Wildman–Crippen LogP) is 1.94. The molecular formula is C10H13F3O3. The van der Waals surface area contributed by atoms with Gasteiger partial charge in [-0.3, -0.25) is 14.4 Å². The summed E-state index contributed by atoms with van der Waals surface area (Å²) in [5.74, 6) is -6.62. The molecule has 0 heterocycles. The highest BCUT2D eigenvalue weighted by molar-refractivity contribution is 6.21. The maximum absolute atomic E-state index is 12.2. The van der Waals surface area contributed by atoms with E-state index >= 15 is 0 Å². The number of hydrogen-bond acceptors (Lipinski definition) is 3. The first-order valence-electron chi connectivity index (χ1n) is 4.55. The van der Waals surface area contributed by atoms with Crippen LogP contribution >= 0.6 is 0 Å². The van der Waals surface area contributed by atoms with Gasteiger partial charge in [0.1, 0.15) is 11.7 Å². The molecule has 0 aromatic carbocycles. The van der Waals surface area contributed by atoms with Crippen molar-refractivity contribution in [2.75, 3.05) is 0 Å². The first-order chi connectivity index (χ1) is 6.89. The fourth-order valence-corrected chi connectivity index (χ4v) is 1.08. The van der Waals surface area contributed by atoms with Gasteiger partial charge in [0, 0.05) is 5.41 Å². The molecule has 0 bridgehead atoms. The van der Waals surface area contributed by atoms with Gasteiger partial charge in [-0.15, -0.1) is 0 Å². The Morgan fingerprint density at radius 2 is 1.31 bits per heavy atom. The number of carbonyl (C=O) groups excluding carboxylic acids is 3. The van der Waals surface area contributed by atoms with Crippen molar-refractivity contribution < 1.29 is 27.6 Å². The lowest BCUT2D eigenvalue weighted by Gasteiger charge is -2.22. The summed E-state index contributed by atoms with van der Waals surface area (Å²) in [6, 6.07) is 0. The van der Waals surface area contributed by atoms with Crippen LogP contribution in [0.5, 0.6) is 0 Å². The van der Waals surface area contributed by atoms with Crippen molar-refractivity contribution >= 4 is 17.3 Å². The van der Waals surface area contributed by atoms with Crippen LogP contribution in [0.25, 0.3) is 0 Å². The van der Waals surface area contributed by atoms with Gasteiger partial charge in [-0.05, 0) is 6.92 Å². The highest BCUT2D eigenvalue weighted by Gasteiger charge is 2.50. The van der Waals surface area contributed by atoms with Crippen molar-refractivity contribution in [2.24, 2.45) is 11.3 Å². The van der Waals surface area contributed by atoms with Crippen molar-refractivity contribution in [3.05, 3.63) is 0 Å². The zero-order valence-corrected chi connectivity index (χ0v) is 9.44. The predicted molar refractivity (Wildman–Crippen MR) is 49.7 cm³/mol. The molecule has 6 heteroatoms. The smallest absolute Gasteiger partial charge is 0.299 e. The molecule has 16 heavy (non-hydrogen) atoms. The number of halogens is 3. The Labute approximate surface area is 91.0 Å². The third kappa shape index (κ3) is 3.43. The number of carbonyl (C=O) groups is 3. The van der Waals surface area contributed by atoms with Crippen LogP contribution in [0.3, 0.4) is 0 Å². The first kappa shape index (κ1) is 14.8. The summed E-state index contributed by atoms with van der Waals surface area (Å²) in [5.41, 5.74) is -1.17. The fraction of sp³-hybridized carbons (Fsp3) is 0.700. The number of rotatable bonds is 3. The highest BCUT2D eigenvalue weighted by atomic mass is 19.4. The topological polar surface area (TPSA) is 51.2 Å². The van der Waals surface area contributed by atoms with E-state index in [1.54, 1.807) is 0 Å². The van der Waals surface area contributed by atoms with Gasteiger partial charge in [-0.1, -0.05) is 20.8 Å². The summed E-state index contributed by atoms with van der Waals surface area (Å²) in [6.07, 6.45) is -5.17. The normalized spacial score (nSPS) is 14.4. The molecule has 1 atom stereocenters. The maximum Gasteiger partial charge on any atom is 0.451 e. The van der Waals surface area contributed by atoms with E-state index in [4.69, 9.17) is 0 Å². The molecule has 0 fully saturated rings. The summed E-state index contributed by atoms with van der Waals surface area (Å²) < 4.78 is 36.5. The van der Waals surface area contributed by atoms with Crippen LogP contribution in [-0.4, -0.2) is 23.5 Å². The fourth-order valence-electron chi connectivity index (χ4n) is 1.08. The lowest BCUT2D eigenvalue weighted by atomic mass is 9.79. The van der Waals surface area contributed by atoms with Gasteiger partial charge in [-0.25, -0.2) is 0 Å². The van der Waals surface area contributed by atoms with Crippen molar-refractivity contribution in [3.8, 4) is 0 Å². The molecule has 0 rings (SSSR count). The van der Waals surface area contributed by atoms with Crippen LogP contribution in [0.15, 0.2) is 0 Å². The molecule has 0 spiro atoms. The maximum atomic E-state index is 12.2. The SMILES string of the molecule is CC(=O)C(C(=O)C(C)(C)C)C(=O)C(F)(F)F. The van der Waals surface area contributed by atoms with E-state index in [-0.39, 0.29) is 0 Å². The molecule has 0 aliphatic carbocycles. The van der Waals surface area contributed by atoms with E-state index in [2.05, 4.69) is 0 Å². The zero-order valence-electron chi connectivity index (χ0n) is 9.44. The Morgan fingerprint density at radius 3 is 1.50 bits per heavy atom. The van der Waals surface area contributed by atoms with E-state index in [9.17, 15) is 27.6 Å². The summed E-state index contributed by atoms with van der Waals surface area (Å²) in [4.78, 5) is 33.5. The average Bonchev–Trinajstić information content (AvgIpc) is 1.99. The largest absolute Gasteiger partial charge is 0.451 e. The third-order valence-corrected chi connectivity index (χ3v) is 1.95. The Hall–Kier alpha value is -1.20. The Bertz CT molecular complexity index is 297. The molecule has 1 unspecified atom stereocenters. The first-order valence-corrected chi connectivity index (χ1v) is 4.55. The molecule has 0 aliphatic rings. The van der Waals surface area contributed by atoms with Crippen molar-refractivity contribution in [1.29, 1.82) is 0 Å². The molecule has 0 saturated carbocycles. The van der Waals surface area contributed by atoms with E-state index in [0.29, 0.717) is 0 Å². The molecule has 92 valence electrons. The summed E-state index contributed by atoms with van der Waals surface area (Å²) >= 11 is 0. The van der Waals surface area contributed by atoms with Crippen LogP contribution in [0.4, 0.5) is 13.2 Å². The van der Waals surface area contributed by atoms with E-state index in [0.717, 1.165) is 6.92 Å². The Balaban J connectivity index is 5.29. The molecule has 0 radical (unpaired) electrons. The molecular weight excluding hydrogens is 225 g/mol. The zero-order chi connectivity index (χ0) is 13.3. The molecule has 0 N–H and O–H groups in total. The van der Waals surface area contributed by atoms with Crippen molar-refractivity contribution in [2.45, 2.75) is 33.9 Å². The van der Waals surface area contributed by atoms with Gasteiger partial charge in [0.05, 0.1) is 0 Å². The number of ketones is 3. The Kier molecular flexibility index (Phi) is 4.02. The minimum atomic E-state index is -5.17. The molecule has 0 saturated heterocycles. The second kappa shape index (κ2) is 4.35. The van der Waals surface area contributed by atoms with Gasteiger partial charge in [-0.2, -0.15) is 13.2 Å². The molecule has 0 aliphatic heterocycles. The molecule has 3 nitrogen and oxygen atoms in total. The Morgan fingerprint density at radius 1 is 0.938 bits per heavy atom. The van der Waals surface area contributed by atoms with Gasteiger partial charge < -0.3 is 0 Å². The van der Waals surface area contributed by atoms with E-state index in [1.165, 1.54) is 20.8 Å².